The second-order valence-electron chi connectivity index (χ2n) is 2.99. The monoisotopic (exact) mass is 139 g/mol. The molecule has 0 amide bonds. The molecule has 0 aromatic rings. The third-order valence-corrected chi connectivity index (χ3v) is 1.82. The van der Waals surface area contributed by atoms with Crippen LogP contribution in [0.1, 0.15) is 19.8 Å². The maximum atomic E-state index is 4.06. The Bertz CT molecular complexity index is 147. The van der Waals surface area contributed by atoms with Gasteiger partial charge in [-0.3, -0.25) is 4.48 Å². The Morgan fingerprint density at radius 1 is 1.50 bits per heavy atom. The molecule has 1 heterocycles. The quantitative estimate of drug-likeness (QED) is 0.528. The fourth-order valence-corrected chi connectivity index (χ4v) is 1.05. The van der Waals surface area contributed by atoms with Crippen molar-refractivity contribution < 1.29 is 4.48 Å². The fraction of sp³-hybridized carbons (Fsp3) is 0.625. The highest BCUT2D eigenvalue weighted by molar-refractivity contribution is 5.50. The molecule has 2 heteroatoms. The Morgan fingerprint density at radius 3 is 2.80 bits per heavy atom. The number of unbranched alkanes of at least 4 members (excludes halogenated alkanes) is 1. The molecule has 0 aromatic heterocycles. The summed E-state index contributed by atoms with van der Waals surface area (Å²) < 4.78 is 0.883. The molecular formula is C8H15N2+. The summed E-state index contributed by atoms with van der Waals surface area (Å²) in [5.74, 6) is 0. The Kier molecular flexibility index (Phi) is 2.22. The van der Waals surface area contributed by atoms with E-state index < -0.39 is 0 Å². The first-order valence-electron chi connectivity index (χ1n) is 3.84. The smallest absolute Gasteiger partial charge is 0.194 e. The second kappa shape index (κ2) is 2.97. The molecule has 1 unspecified atom stereocenters. The van der Waals surface area contributed by atoms with E-state index in [1.165, 1.54) is 19.4 Å². The zero-order valence-corrected chi connectivity index (χ0v) is 6.75. The van der Waals surface area contributed by atoms with E-state index >= 15 is 0 Å². The normalized spacial score (nSPS) is 29.8. The lowest BCUT2D eigenvalue weighted by Gasteiger charge is -2.20. The molecular weight excluding hydrogens is 124 g/mol. The van der Waals surface area contributed by atoms with Gasteiger partial charge in [0.15, 0.2) is 6.34 Å². The molecule has 0 N–H and O–H groups in total. The van der Waals surface area contributed by atoms with Gasteiger partial charge in [-0.25, -0.2) is 4.99 Å². The highest BCUT2D eigenvalue weighted by Crippen LogP contribution is 2.08. The van der Waals surface area contributed by atoms with Crippen LogP contribution in [0.5, 0.6) is 0 Å². The molecule has 1 aliphatic rings. The van der Waals surface area contributed by atoms with Crippen LogP contribution in [0, 0.1) is 0 Å². The highest BCUT2D eigenvalue weighted by Gasteiger charge is 2.17. The average molecular weight is 139 g/mol. The van der Waals surface area contributed by atoms with Gasteiger partial charge >= 0.3 is 0 Å². The van der Waals surface area contributed by atoms with Gasteiger partial charge in [0.25, 0.3) is 0 Å². The van der Waals surface area contributed by atoms with Crippen LogP contribution >= 0.6 is 0 Å². The van der Waals surface area contributed by atoms with Crippen molar-refractivity contribution in [3.8, 4) is 0 Å². The highest BCUT2D eigenvalue weighted by atomic mass is 15.3. The largest absolute Gasteiger partial charge is 0.256 e. The van der Waals surface area contributed by atoms with Crippen LogP contribution in [0.15, 0.2) is 17.4 Å². The van der Waals surface area contributed by atoms with Crippen LogP contribution in [0.4, 0.5) is 0 Å². The molecule has 56 valence electrons. The molecule has 10 heavy (non-hydrogen) atoms. The van der Waals surface area contributed by atoms with E-state index in [4.69, 9.17) is 0 Å². The Morgan fingerprint density at radius 2 is 2.30 bits per heavy atom. The van der Waals surface area contributed by atoms with Crippen molar-refractivity contribution in [2.75, 3.05) is 13.6 Å². The van der Waals surface area contributed by atoms with Crippen molar-refractivity contribution in [3.05, 3.63) is 12.4 Å². The van der Waals surface area contributed by atoms with Crippen LogP contribution in [0.25, 0.3) is 0 Å². The number of nitrogens with zero attached hydrogens (tertiary/aromatic N) is 2. The molecule has 1 rings (SSSR count). The number of quaternary nitrogens is 1. The Balaban J connectivity index is 2.38. The number of aliphatic imine (C=N–C) groups is 1. The molecule has 0 radical (unpaired) electrons. The number of hydrogen-bond donors (Lipinski definition) is 0. The van der Waals surface area contributed by atoms with E-state index in [1.807, 2.05) is 12.5 Å². The summed E-state index contributed by atoms with van der Waals surface area (Å²) in [6, 6.07) is 0. The van der Waals surface area contributed by atoms with Crippen LogP contribution in [0.3, 0.4) is 0 Å². The van der Waals surface area contributed by atoms with Crippen molar-refractivity contribution in [3.63, 3.8) is 0 Å². The maximum Gasteiger partial charge on any atom is 0.194 e. The lowest BCUT2D eigenvalue weighted by atomic mass is 10.3. The van der Waals surface area contributed by atoms with Crippen molar-refractivity contribution in [1.82, 2.24) is 0 Å². The van der Waals surface area contributed by atoms with Crippen LogP contribution in [-0.4, -0.2) is 24.4 Å². The van der Waals surface area contributed by atoms with E-state index in [0.717, 1.165) is 4.48 Å². The molecule has 0 saturated heterocycles. The topological polar surface area (TPSA) is 12.4 Å². The lowest BCUT2D eigenvalue weighted by molar-refractivity contribution is -0.756. The van der Waals surface area contributed by atoms with Crippen LogP contribution in [0.2, 0.25) is 0 Å². The minimum absolute atomic E-state index is 0.883. The third-order valence-electron chi connectivity index (χ3n) is 1.82. The molecule has 0 bridgehead atoms. The minimum atomic E-state index is 0.883. The van der Waals surface area contributed by atoms with E-state index in [0.29, 0.717) is 0 Å². The number of hydrogen-bond acceptors (Lipinski definition) is 1. The summed E-state index contributed by atoms with van der Waals surface area (Å²) in [6.07, 6.45) is 8.50. The fourth-order valence-electron chi connectivity index (χ4n) is 1.05. The van der Waals surface area contributed by atoms with Gasteiger partial charge in [0.1, 0.15) is 6.20 Å². The van der Waals surface area contributed by atoms with Gasteiger partial charge < -0.3 is 0 Å². The summed E-state index contributed by atoms with van der Waals surface area (Å²) in [7, 11) is 2.17. The summed E-state index contributed by atoms with van der Waals surface area (Å²) in [4.78, 5) is 4.06. The molecule has 0 aromatic carbocycles. The van der Waals surface area contributed by atoms with Gasteiger partial charge in [0.05, 0.1) is 19.8 Å². The summed E-state index contributed by atoms with van der Waals surface area (Å²) >= 11 is 0. The van der Waals surface area contributed by atoms with Crippen molar-refractivity contribution in [1.29, 1.82) is 0 Å². The van der Waals surface area contributed by atoms with Crippen molar-refractivity contribution >= 4 is 6.34 Å². The van der Waals surface area contributed by atoms with E-state index in [1.54, 1.807) is 0 Å². The Labute approximate surface area is 62.5 Å². The van der Waals surface area contributed by atoms with E-state index in [2.05, 4.69) is 25.2 Å². The van der Waals surface area contributed by atoms with Gasteiger partial charge in [-0.2, -0.15) is 0 Å². The van der Waals surface area contributed by atoms with Crippen LogP contribution < -0.4 is 0 Å². The minimum Gasteiger partial charge on any atom is -0.256 e. The van der Waals surface area contributed by atoms with Gasteiger partial charge in [0.2, 0.25) is 0 Å². The number of rotatable bonds is 3. The second-order valence-corrected chi connectivity index (χ2v) is 2.99. The van der Waals surface area contributed by atoms with Gasteiger partial charge in [-0.1, -0.05) is 13.3 Å². The standard InChI is InChI=1S/C8H15N2/c1-3-4-6-10(2)7-5-9-8-10/h5,7-8H,3-4,6H2,1-2H3/q+1. The summed E-state index contributed by atoms with van der Waals surface area (Å²) in [5.41, 5.74) is 0. The van der Waals surface area contributed by atoms with E-state index in [-0.39, 0.29) is 0 Å². The predicted octanol–water partition coefficient (Wildman–Crippen LogP) is 1.75. The van der Waals surface area contributed by atoms with Crippen LogP contribution in [-0.2, 0) is 0 Å². The summed E-state index contributed by atoms with van der Waals surface area (Å²) in [5, 5.41) is 0. The van der Waals surface area contributed by atoms with Crippen molar-refractivity contribution in [2.24, 2.45) is 4.99 Å². The van der Waals surface area contributed by atoms with E-state index in [9.17, 15) is 0 Å². The molecule has 0 spiro atoms. The first-order valence-corrected chi connectivity index (χ1v) is 3.84. The molecule has 2 nitrogen and oxygen atoms in total. The molecule has 0 aliphatic carbocycles. The van der Waals surface area contributed by atoms with Gasteiger partial charge in [-0.05, 0) is 6.42 Å². The Hall–Kier alpha value is -0.630. The first kappa shape index (κ1) is 7.48. The lowest BCUT2D eigenvalue weighted by Crippen LogP contribution is -2.35. The van der Waals surface area contributed by atoms with Gasteiger partial charge in [0, 0.05) is 0 Å². The predicted molar refractivity (Wildman–Crippen MR) is 43.6 cm³/mol. The molecule has 1 aliphatic heterocycles. The third kappa shape index (κ3) is 1.67. The zero-order valence-electron chi connectivity index (χ0n) is 6.75. The zero-order chi connectivity index (χ0) is 7.45. The summed E-state index contributed by atoms with van der Waals surface area (Å²) in [6.45, 7) is 3.39. The molecule has 0 saturated carbocycles. The molecule has 1 atom stereocenters. The van der Waals surface area contributed by atoms with Gasteiger partial charge in [-0.15, -0.1) is 0 Å². The SMILES string of the molecule is CCCC[N+]1(C)C=CN=C1. The molecule has 0 fully saturated rings. The maximum absolute atomic E-state index is 4.06. The van der Waals surface area contributed by atoms with Crippen molar-refractivity contribution in [2.45, 2.75) is 19.8 Å². The average Bonchev–Trinajstić information content (AvgIpc) is 2.33. The first-order chi connectivity index (χ1) is 4.77.